The van der Waals surface area contributed by atoms with Crippen molar-refractivity contribution >= 4 is 34.7 Å². The molecule has 1 saturated carbocycles. The van der Waals surface area contributed by atoms with E-state index in [2.05, 4.69) is 10.3 Å². The minimum atomic E-state index is -1.23. The number of hydrogen-bond donors (Lipinski definition) is 2. The van der Waals surface area contributed by atoms with Gasteiger partial charge in [0.15, 0.2) is 5.72 Å². The van der Waals surface area contributed by atoms with Crippen LogP contribution in [0, 0.1) is 0 Å². The van der Waals surface area contributed by atoms with Crippen molar-refractivity contribution in [3.8, 4) is 0 Å². The van der Waals surface area contributed by atoms with Crippen LogP contribution in [0.1, 0.15) is 81.3 Å². The quantitative estimate of drug-likeness (QED) is 0.163. The van der Waals surface area contributed by atoms with Gasteiger partial charge in [-0.2, -0.15) is 0 Å². The molecule has 0 bridgehead atoms. The molecule has 1 aliphatic rings. The van der Waals surface area contributed by atoms with Crippen LogP contribution < -0.4 is 5.32 Å². The molecular formula is C31H37N3O6. The fraction of sp³-hybridized carbons (Fsp3) is 0.419. The van der Waals surface area contributed by atoms with Gasteiger partial charge in [-0.15, -0.1) is 0 Å². The predicted molar refractivity (Wildman–Crippen MR) is 150 cm³/mol. The fourth-order valence-electron chi connectivity index (χ4n) is 5.21. The molecule has 0 saturated heterocycles. The summed E-state index contributed by atoms with van der Waals surface area (Å²) in [6, 6.07) is 14.7. The molecule has 0 aliphatic heterocycles. The third-order valence-electron chi connectivity index (χ3n) is 6.90. The Morgan fingerprint density at radius 3 is 2.38 bits per heavy atom. The predicted octanol–water partition coefficient (Wildman–Crippen LogP) is 5.63. The van der Waals surface area contributed by atoms with E-state index >= 15 is 0 Å². The van der Waals surface area contributed by atoms with Crippen molar-refractivity contribution in [3.05, 3.63) is 71.4 Å². The van der Waals surface area contributed by atoms with Crippen molar-refractivity contribution in [1.82, 2.24) is 15.2 Å². The normalized spacial score (nSPS) is 14.8. The summed E-state index contributed by atoms with van der Waals surface area (Å²) in [5, 5.41) is 3.39. The van der Waals surface area contributed by atoms with Crippen LogP contribution in [0.2, 0.25) is 0 Å². The molecule has 0 atom stereocenters. The zero-order valence-corrected chi connectivity index (χ0v) is 23.5. The van der Waals surface area contributed by atoms with E-state index in [4.69, 9.17) is 9.47 Å². The summed E-state index contributed by atoms with van der Waals surface area (Å²) in [4.78, 5) is 56.6. The summed E-state index contributed by atoms with van der Waals surface area (Å²) >= 11 is 0. The van der Waals surface area contributed by atoms with Crippen molar-refractivity contribution in [2.45, 2.75) is 84.2 Å². The van der Waals surface area contributed by atoms with Gasteiger partial charge < -0.3 is 19.8 Å². The molecule has 1 heterocycles. The number of alkyl carbamates (subject to hydrolysis) is 1. The standard InChI is InChI=1S/C31H37N3O6/c1-21(35)39-31(15-8-5-9-16-31)34(28(37)27(36)25-19-32-26-14-7-6-13-24(25)26)20-23-12-10-11-22(17-23)18-33-29(38)40-30(2,3)4/h6-7,10-14,17,19,32H,5,8-9,15-16,18,20H2,1-4H3,(H,33,38). The number of esters is 1. The summed E-state index contributed by atoms with van der Waals surface area (Å²) in [7, 11) is 0. The Morgan fingerprint density at radius 2 is 1.68 bits per heavy atom. The highest BCUT2D eigenvalue weighted by Gasteiger charge is 2.45. The first-order chi connectivity index (χ1) is 19.0. The van der Waals surface area contributed by atoms with Crippen LogP contribution in [0.25, 0.3) is 10.9 Å². The zero-order valence-electron chi connectivity index (χ0n) is 23.5. The van der Waals surface area contributed by atoms with Crippen molar-refractivity contribution in [3.63, 3.8) is 0 Å². The summed E-state index contributed by atoms with van der Waals surface area (Å²) in [6.45, 7) is 6.98. The molecule has 1 aliphatic carbocycles. The Hall–Kier alpha value is -4.14. The van der Waals surface area contributed by atoms with E-state index in [1.165, 1.54) is 11.8 Å². The lowest BCUT2D eigenvalue weighted by molar-refractivity contribution is -0.195. The van der Waals surface area contributed by atoms with Crippen LogP contribution in [0.3, 0.4) is 0 Å². The maximum atomic E-state index is 14.0. The van der Waals surface area contributed by atoms with E-state index in [0.29, 0.717) is 18.2 Å². The molecule has 40 heavy (non-hydrogen) atoms. The second-order valence-electron chi connectivity index (χ2n) is 11.2. The number of fused-ring (bicyclic) bond motifs is 1. The number of para-hydroxylation sites is 1. The molecule has 9 heteroatoms. The number of H-pyrrole nitrogens is 1. The van der Waals surface area contributed by atoms with Gasteiger partial charge in [-0.05, 0) is 50.8 Å². The largest absolute Gasteiger partial charge is 0.444 e. The molecule has 0 spiro atoms. The smallest absolute Gasteiger partial charge is 0.407 e. The van der Waals surface area contributed by atoms with Crippen LogP contribution in [-0.4, -0.2) is 45.0 Å². The fourth-order valence-corrected chi connectivity index (χ4v) is 5.21. The maximum Gasteiger partial charge on any atom is 0.407 e. The molecular weight excluding hydrogens is 510 g/mol. The highest BCUT2D eigenvalue weighted by atomic mass is 16.6. The minimum absolute atomic E-state index is 0.0560. The number of benzene rings is 2. The van der Waals surface area contributed by atoms with Crippen LogP contribution in [0.5, 0.6) is 0 Å². The average Bonchev–Trinajstić information content (AvgIpc) is 3.33. The lowest BCUT2D eigenvalue weighted by Gasteiger charge is -2.45. The number of aromatic nitrogens is 1. The van der Waals surface area contributed by atoms with Gasteiger partial charge in [0.1, 0.15) is 5.60 Å². The third kappa shape index (κ3) is 6.89. The van der Waals surface area contributed by atoms with E-state index in [-0.39, 0.29) is 18.7 Å². The van der Waals surface area contributed by atoms with Crippen molar-refractivity contribution < 1.29 is 28.7 Å². The number of ether oxygens (including phenoxy) is 2. The molecule has 212 valence electrons. The van der Waals surface area contributed by atoms with E-state index in [9.17, 15) is 19.2 Å². The monoisotopic (exact) mass is 547 g/mol. The molecule has 9 nitrogen and oxygen atoms in total. The molecule has 1 fully saturated rings. The van der Waals surface area contributed by atoms with Gasteiger partial charge in [0.2, 0.25) is 0 Å². The summed E-state index contributed by atoms with van der Waals surface area (Å²) in [5.41, 5.74) is 0.713. The van der Waals surface area contributed by atoms with E-state index in [1.54, 1.807) is 33.0 Å². The number of rotatable bonds is 8. The average molecular weight is 548 g/mol. The number of carbonyl (C=O) groups is 4. The Morgan fingerprint density at radius 1 is 0.975 bits per heavy atom. The van der Waals surface area contributed by atoms with Crippen LogP contribution in [0.15, 0.2) is 54.7 Å². The molecule has 4 rings (SSSR count). The number of ketones is 1. The van der Waals surface area contributed by atoms with Crippen LogP contribution >= 0.6 is 0 Å². The third-order valence-corrected chi connectivity index (χ3v) is 6.90. The molecule has 2 N–H and O–H groups in total. The topological polar surface area (TPSA) is 118 Å². The molecule has 3 aromatic rings. The van der Waals surface area contributed by atoms with Gasteiger partial charge in [-0.25, -0.2) is 4.79 Å². The highest BCUT2D eigenvalue weighted by Crippen LogP contribution is 2.37. The molecule has 2 aromatic carbocycles. The van der Waals surface area contributed by atoms with Crippen molar-refractivity contribution in [1.29, 1.82) is 0 Å². The first-order valence-electron chi connectivity index (χ1n) is 13.6. The number of amides is 2. The zero-order chi connectivity index (χ0) is 28.9. The summed E-state index contributed by atoms with van der Waals surface area (Å²) in [5.74, 6) is -1.91. The summed E-state index contributed by atoms with van der Waals surface area (Å²) < 4.78 is 11.2. The minimum Gasteiger partial charge on any atom is -0.444 e. The summed E-state index contributed by atoms with van der Waals surface area (Å²) in [6.07, 6.45) is 4.38. The van der Waals surface area contributed by atoms with Gasteiger partial charge in [-0.1, -0.05) is 48.9 Å². The van der Waals surface area contributed by atoms with Crippen molar-refractivity contribution in [2.24, 2.45) is 0 Å². The number of aromatic amines is 1. The molecule has 0 unspecified atom stereocenters. The van der Waals surface area contributed by atoms with Crippen LogP contribution in [-0.2, 0) is 32.2 Å². The Kier molecular flexibility index (Phi) is 8.61. The van der Waals surface area contributed by atoms with Gasteiger partial charge >= 0.3 is 12.1 Å². The molecule has 2 amide bonds. The lowest BCUT2D eigenvalue weighted by Crippen LogP contribution is -2.56. The second-order valence-corrected chi connectivity index (χ2v) is 11.2. The SMILES string of the molecule is CC(=O)OC1(N(Cc2cccc(CNC(=O)OC(C)(C)C)c2)C(=O)C(=O)c2c[nH]c3ccccc23)CCCCC1. The van der Waals surface area contributed by atoms with Gasteiger partial charge in [-0.3, -0.25) is 19.3 Å². The maximum absolute atomic E-state index is 14.0. The number of nitrogens with zero attached hydrogens (tertiary/aromatic N) is 1. The number of carbonyl (C=O) groups excluding carboxylic acids is 4. The second kappa shape index (κ2) is 11.9. The van der Waals surface area contributed by atoms with Gasteiger partial charge in [0, 0.05) is 50.0 Å². The van der Waals surface area contributed by atoms with Crippen molar-refractivity contribution in [2.75, 3.05) is 0 Å². The Labute approximate surface area is 234 Å². The van der Waals surface area contributed by atoms with E-state index in [0.717, 1.165) is 35.9 Å². The van der Waals surface area contributed by atoms with Crippen LogP contribution in [0.4, 0.5) is 4.79 Å². The van der Waals surface area contributed by atoms with Gasteiger partial charge in [0.25, 0.3) is 11.7 Å². The number of Topliss-reactive ketones (excluding diaryl/α,β-unsaturated/α-hetero) is 1. The molecule has 0 radical (unpaired) electrons. The Bertz CT molecular complexity index is 1400. The van der Waals surface area contributed by atoms with E-state index in [1.807, 2.05) is 42.5 Å². The van der Waals surface area contributed by atoms with Gasteiger partial charge in [0.05, 0.1) is 5.56 Å². The first-order valence-corrected chi connectivity index (χ1v) is 13.6. The van der Waals surface area contributed by atoms with E-state index < -0.39 is 35.1 Å². The first kappa shape index (κ1) is 28.9. The molecule has 1 aromatic heterocycles. The Balaban J connectivity index is 1.64. The number of hydrogen-bond acceptors (Lipinski definition) is 6. The number of nitrogens with one attached hydrogen (secondary N) is 2. The lowest BCUT2D eigenvalue weighted by atomic mass is 9.89. The highest BCUT2D eigenvalue weighted by molar-refractivity contribution is 6.45.